The van der Waals surface area contributed by atoms with E-state index in [0.717, 1.165) is 0 Å². The van der Waals surface area contributed by atoms with Crippen molar-refractivity contribution in [3.63, 3.8) is 0 Å². The first kappa shape index (κ1) is 13.7. The van der Waals surface area contributed by atoms with Crippen LogP contribution in [-0.2, 0) is 4.74 Å². The molecule has 0 aliphatic carbocycles. The fraction of sp³-hybridized carbons (Fsp3) is 0.571. The van der Waals surface area contributed by atoms with Crippen LogP contribution >= 0.6 is 0 Å². The van der Waals surface area contributed by atoms with Gasteiger partial charge in [0.1, 0.15) is 13.3 Å². The van der Waals surface area contributed by atoms with Crippen molar-refractivity contribution in [2.75, 3.05) is 6.61 Å². The Labute approximate surface area is 109 Å². The van der Waals surface area contributed by atoms with Gasteiger partial charge in [0.2, 0.25) is 0 Å². The van der Waals surface area contributed by atoms with Crippen LogP contribution < -0.4 is 5.19 Å². The van der Waals surface area contributed by atoms with Crippen LogP contribution in [0.2, 0.25) is 13.1 Å². The van der Waals surface area contributed by atoms with Gasteiger partial charge in [0.15, 0.2) is 0 Å². The number of hydrogen-bond acceptors (Lipinski definition) is 3. The monoisotopic (exact) mass is 266 g/mol. The standard InChI is InChI=1S/C14H22O3Si/c1-11(15)9-13(16)14(10-17-14)18(2,3)12-7-5-4-6-8-12/h4-8,11,13,15-16H,9-10H2,1-3H3/t11-,13-,14+/m0/s1. The quantitative estimate of drug-likeness (QED) is 0.618. The summed E-state index contributed by atoms with van der Waals surface area (Å²) in [6, 6.07) is 10.3. The molecule has 100 valence electrons. The zero-order valence-corrected chi connectivity index (χ0v) is 12.3. The molecule has 0 amide bonds. The summed E-state index contributed by atoms with van der Waals surface area (Å²) in [5, 5.41) is 20.7. The minimum absolute atomic E-state index is 0.378. The van der Waals surface area contributed by atoms with Crippen LogP contribution in [0, 0.1) is 0 Å². The van der Waals surface area contributed by atoms with E-state index >= 15 is 0 Å². The second-order valence-corrected chi connectivity index (χ2v) is 10.4. The third-order valence-corrected chi connectivity index (χ3v) is 8.63. The zero-order valence-electron chi connectivity index (χ0n) is 11.3. The zero-order chi connectivity index (χ0) is 13.4. The van der Waals surface area contributed by atoms with E-state index in [1.165, 1.54) is 5.19 Å². The summed E-state index contributed by atoms with van der Waals surface area (Å²) in [5.74, 6) is 0. The van der Waals surface area contributed by atoms with Crippen molar-refractivity contribution in [3.8, 4) is 0 Å². The van der Waals surface area contributed by atoms with Gasteiger partial charge in [-0.15, -0.1) is 0 Å². The topological polar surface area (TPSA) is 53.0 Å². The molecule has 1 aromatic rings. The Morgan fingerprint density at radius 1 is 1.28 bits per heavy atom. The largest absolute Gasteiger partial charge is 0.393 e. The van der Waals surface area contributed by atoms with E-state index in [1.54, 1.807) is 6.92 Å². The lowest BCUT2D eigenvalue weighted by atomic mass is 10.1. The first-order chi connectivity index (χ1) is 8.40. The Bertz CT molecular complexity index is 399. The number of ether oxygens (including phenoxy) is 1. The molecule has 3 nitrogen and oxygen atoms in total. The summed E-state index contributed by atoms with van der Waals surface area (Å²) in [6.07, 6.45) is -0.704. The van der Waals surface area contributed by atoms with Crippen LogP contribution in [0.1, 0.15) is 13.3 Å². The summed E-state index contributed by atoms with van der Waals surface area (Å²) in [5.41, 5.74) is 0. The number of epoxide rings is 1. The van der Waals surface area contributed by atoms with Gasteiger partial charge in [-0.25, -0.2) is 0 Å². The number of hydrogen-bond donors (Lipinski definition) is 2. The molecule has 3 atom stereocenters. The Morgan fingerprint density at radius 2 is 1.83 bits per heavy atom. The highest BCUT2D eigenvalue weighted by molar-refractivity contribution is 6.92. The van der Waals surface area contributed by atoms with Crippen molar-refractivity contribution in [1.29, 1.82) is 0 Å². The van der Waals surface area contributed by atoms with Crippen LogP contribution in [0.25, 0.3) is 0 Å². The molecule has 1 heterocycles. The van der Waals surface area contributed by atoms with Crippen LogP contribution in [0.4, 0.5) is 0 Å². The molecule has 1 aromatic carbocycles. The Kier molecular flexibility index (Phi) is 3.64. The molecule has 2 N–H and O–H groups in total. The average Bonchev–Trinajstić information content (AvgIpc) is 3.10. The van der Waals surface area contributed by atoms with E-state index in [-0.39, 0.29) is 0 Å². The lowest BCUT2D eigenvalue weighted by Crippen LogP contribution is -2.61. The maximum atomic E-state index is 10.4. The first-order valence-corrected chi connectivity index (χ1v) is 9.46. The van der Waals surface area contributed by atoms with Gasteiger partial charge in [0, 0.05) is 6.42 Å². The van der Waals surface area contributed by atoms with Gasteiger partial charge in [-0.05, 0) is 6.92 Å². The summed E-state index contributed by atoms with van der Waals surface area (Å²) in [7, 11) is -1.91. The SMILES string of the molecule is C[C@H](O)C[C@H](O)[C@]1([Si](C)(C)c2ccccc2)CO1. The van der Waals surface area contributed by atoms with Gasteiger partial charge in [0.25, 0.3) is 0 Å². The Morgan fingerprint density at radius 3 is 2.28 bits per heavy atom. The number of aliphatic hydroxyl groups is 2. The number of benzene rings is 1. The lowest BCUT2D eigenvalue weighted by molar-refractivity contribution is 0.0555. The van der Waals surface area contributed by atoms with Crippen LogP contribution in [0.3, 0.4) is 0 Å². The van der Waals surface area contributed by atoms with E-state index < -0.39 is 25.5 Å². The molecule has 2 rings (SSSR count). The average molecular weight is 266 g/mol. The third kappa shape index (κ3) is 2.25. The van der Waals surface area contributed by atoms with E-state index in [4.69, 9.17) is 4.74 Å². The van der Waals surface area contributed by atoms with Gasteiger partial charge < -0.3 is 14.9 Å². The molecule has 1 aliphatic rings. The van der Waals surface area contributed by atoms with Crippen molar-refractivity contribution in [1.82, 2.24) is 0 Å². The lowest BCUT2D eigenvalue weighted by Gasteiger charge is -2.34. The molecule has 0 unspecified atom stereocenters. The minimum Gasteiger partial charge on any atom is -0.393 e. The second kappa shape index (κ2) is 4.77. The first-order valence-electron chi connectivity index (χ1n) is 6.46. The van der Waals surface area contributed by atoms with Crippen molar-refractivity contribution < 1.29 is 14.9 Å². The van der Waals surface area contributed by atoms with Crippen molar-refractivity contribution in [3.05, 3.63) is 30.3 Å². The Hall–Kier alpha value is -0.683. The fourth-order valence-corrected chi connectivity index (χ4v) is 5.92. The number of aliphatic hydroxyl groups excluding tert-OH is 2. The molecule has 1 fully saturated rings. The van der Waals surface area contributed by atoms with Crippen LogP contribution in [0.5, 0.6) is 0 Å². The molecule has 0 radical (unpaired) electrons. The van der Waals surface area contributed by atoms with Gasteiger partial charge in [0.05, 0.1) is 18.8 Å². The maximum absolute atomic E-state index is 10.4. The van der Waals surface area contributed by atoms with E-state index in [9.17, 15) is 10.2 Å². The van der Waals surface area contributed by atoms with Crippen LogP contribution in [-0.4, -0.2) is 42.3 Å². The molecule has 0 bridgehead atoms. The highest BCUT2D eigenvalue weighted by atomic mass is 28.3. The van der Waals surface area contributed by atoms with E-state index in [1.807, 2.05) is 18.2 Å². The predicted molar refractivity (Wildman–Crippen MR) is 74.5 cm³/mol. The smallest absolute Gasteiger partial charge is 0.123 e. The highest BCUT2D eigenvalue weighted by Gasteiger charge is 2.62. The second-order valence-electron chi connectivity index (χ2n) is 5.77. The molecular weight excluding hydrogens is 244 g/mol. The van der Waals surface area contributed by atoms with Gasteiger partial charge in [-0.3, -0.25) is 0 Å². The number of rotatable bonds is 5. The normalized spacial score (nSPS) is 26.7. The summed E-state index contributed by atoms with van der Waals surface area (Å²) in [6.45, 7) is 6.76. The summed E-state index contributed by atoms with van der Waals surface area (Å²) in [4.78, 5) is 0. The molecule has 0 spiro atoms. The molecule has 4 heteroatoms. The molecule has 0 saturated carbocycles. The highest BCUT2D eigenvalue weighted by Crippen LogP contribution is 2.41. The third-order valence-electron chi connectivity index (χ3n) is 4.11. The van der Waals surface area contributed by atoms with Gasteiger partial charge in [-0.2, -0.15) is 0 Å². The van der Waals surface area contributed by atoms with E-state index in [0.29, 0.717) is 13.0 Å². The molecule has 1 saturated heterocycles. The minimum atomic E-state index is -1.91. The summed E-state index contributed by atoms with van der Waals surface area (Å²) < 4.78 is 5.68. The Balaban J connectivity index is 2.24. The summed E-state index contributed by atoms with van der Waals surface area (Å²) >= 11 is 0. The van der Waals surface area contributed by atoms with Gasteiger partial charge >= 0.3 is 0 Å². The molecular formula is C14H22O3Si. The van der Waals surface area contributed by atoms with Crippen molar-refractivity contribution in [2.24, 2.45) is 0 Å². The molecule has 1 aliphatic heterocycles. The molecule has 18 heavy (non-hydrogen) atoms. The van der Waals surface area contributed by atoms with Gasteiger partial charge in [-0.1, -0.05) is 48.6 Å². The van der Waals surface area contributed by atoms with Crippen molar-refractivity contribution in [2.45, 2.75) is 43.9 Å². The van der Waals surface area contributed by atoms with Crippen molar-refractivity contribution >= 4 is 13.3 Å². The predicted octanol–water partition coefficient (Wildman–Crippen LogP) is 1.04. The molecule has 0 aromatic heterocycles. The van der Waals surface area contributed by atoms with E-state index in [2.05, 4.69) is 25.2 Å². The fourth-order valence-electron chi connectivity index (χ4n) is 2.66. The maximum Gasteiger partial charge on any atom is 0.123 e. The van der Waals surface area contributed by atoms with Crippen LogP contribution in [0.15, 0.2) is 30.3 Å².